The van der Waals surface area contributed by atoms with Crippen LogP contribution in [0.25, 0.3) is 10.9 Å². The molecule has 3 aromatic carbocycles. The largest absolute Gasteiger partial charge is 0.488 e. The van der Waals surface area contributed by atoms with E-state index in [9.17, 15) is 4.79 Å². The van der Waals surface area contributed by atoms with Crippen LogP contribution >= 0.6 is 39.1 Å². The number of rotatable bonds is 5. The van der Waals surface area contributed by atoms with Gasteiger partial charge in [0.2, 0.25) is 0 Å². The molecule has 0 bridgehead atoms. The van der Waals surface area contributed by atoms with Crippen LogP contribution in [0.5, 0.6) is 5.75 Å². The summed E-state index contributed by atoms with van der Waals surface area (Å²) in [4.78, 5) is 17.4. The van der Waals surface area contributed by atoms with Gasteiger partial charge in [-0.15, -0.1) is 0 Å². The Kier molecular flexibility index (Phi) is 6.41. The van der Waals surface area contributed by atoms with Gasteiger partial charge >= 0.3 is 0 Å². The van der Waals surface area contributed by atoms with E-state index in [-0.39, 0.29) is 5.56 Å². The number of ether oxygens (including phenoxy) is 1. The van der Waals surface area contributed by atoms with Crippen LogP contribution in [0, 0.1) is 6.92 Å². The predicted molar refractivity (Wildman–Crippen MR) is 129 cm³/mol. The van der Waals surface area contributed by atoms with Gasteiger partial charge in [-0.1, -0.05) is 51.3 Å². The minimum Gasteiger partial charge on any atom is -0.488 e. The number of hydrogen-bond acceptors (Lipinski definition) is 4. The highest BCUT2D eigenvalue weighted by Crippen LogP contribution is 2.23. The van der Waals surface area contributed by atoms with Crippen molar-refractivity contribution in [1.82, 2.24) is 9.66 Å². The third-order valence-corrected chi connectivity index (χ3v) is 5.54. The van der Waals surface area contributed by atoms with Crippen molar-refractivity contribution in [3.05, 3.63) is 102 Å². The first-order chi connectivity index (χ1) is 14.9. The number of hydrogen-bond donors (Lipinski definition) is 0. The first kappa shape index (κ1) is 21.6. The topological polar surface area (TPSA) is 56.5 Å². The van der Waals surface area contributed by atoms with E-state index in [0.717, 1.165) is 10.0 Å². The molecule has 1 heterocycles. The Morgan fingerprint density at radius 1 is 1.06 bits per heavy atom. The Bertz CT molecular complexity index is 1350. The van der Waals surface area contributed by atoms with Gasteiger partial charge in [-0.05, 0) is 61.0 Å². The summed E-state index contributed by atoms with van der Waals surface area (Å²) >= 11 is 15.5. The Morgan fingerprint density at radius 2 is 1.81 bits per heavy atom. The molecule has 0 saturated heterocycles. The predicted octanol–water partition coefficient (Wildman–Crippen LogP) is 6.24. The lowest BCUT2D eigenvalue weighted by Gasteiger charge is -2.10. The molecule has 0 N–H and O–H groups in total. The second-order valence-electron chi connectivity index (χ2n) is 6.78. The quantitative estimate of drug-likeness (QED) is 0.295. The van der Waals surface area contributed by atoms with Crippen LogP contribution in [-0.4, -0.2) is 15.9 Å². The van der Waals surface area contributed by atoms with Crippen LogP contribution in [0.15, 0.2) is 75.0 Å². The minimum atomic E-state index is -0.259. The van der Waals surface area contributed by atoms with Gasteiger partial charge in [0, 0.05) is 20.1 Å². The Labute approximate surface area is 197 Å². The van der Waals surface area contributed by atoms with Crippen molar-refractivity contribution in [2.45, 2.75) is 13.5 Å². The Morgan fingerprint density at radius 3 is 2.58 bits per heavy atom. The molecular formula is C23H16BrCl2N3O2. The maximum Gasteiger partial charge on any atom is 0.282 e. The van der Waals surface area contributed by atoms with E-state index in [1.165, 1.54) is 4.68 Å². The number of halogens is 3. The molecule has 31 heavy (non-hydrogen) atoms. The smallest absolute Gasteiger partial charge is 0.282 e. The summed E-state index contributed by atoms with van der Waals surface area (Å²) in [7, 11) is 0. The van der Waals surface area contributed by atoms with Crippen molar-refractivity contribution in [2.75, 3.05) is 0 Å². The second kappa shape index (κ2) is 9.22. The molecule has 0 fully saturated rings. The van der Waals surface area contributed by atoms with Crippen molar-refractivity contribution in [3.8, 4) is 5.75 Å². The molecule has 0 radical (unpaired) electrons. The SMILES string of the molecule is Cc1nc2ccc(Br)cc2c(=O)n1N=Cc1cc(Cl)ccc1OCc1ccc(Cl)cc1. The van der Waals surface area contributed by atoms with Crippen molar-refractivity contribution < 1.29 is 4.74 Å². The van der Waals surface area contributed by atoms with Crippen LogP contribution in [-0.2, 0) is 6.61 Å². The normalized spacial score (nSPS) is 11.4. The molecule has 5 nitrogen and oxygen atoms in total. The van der Waals surface area contributed by atoms with Gasteiger partial charge in [0.05, 0.1) is 17.1 Å². The standard InChI is InChI=1S/C23H16BrCl2N3O2/c1-14-28-21-8-4-17(24)11-20(21)23(30)29(14)27-12-16-10-19(26)7-9-22(16)31-13-15-2-5-18(25)6-3-15/h2-12H,13H2,1H3. The maximum atomic E-state index is 12.9. The average molecular weight is 517 g/mol. The maximum absolute atomic E-state index is 12.9. The lowest BCUT2D eigenvalue weighted by atomic mass is 10.2. The van der Waals surface area contributed by atoms with Crippen molar-refractivity contribution in [2.24, 2.45) is 5.10 Å². The fraction of sp³-hybridized carbons (Fsp3) is 0.0870. The molecule has 0 aliphatic heterocycles. The fourth-order valence-electron chi connectivity index (χ4n) is 3.01. The number of fused-ring (bicyclic) bond motifs is 1. The monoisotopic (exact) mass is 515 g/mol. The fourth-order valence-corrected chi connectivity index (χ4v) is 3.68. The van der Waals surface area contributed by atoms with Crippen LogP contribution in [0.4, 0.5) is 0 Å². The summed E-state index contributed by atoms with van der Waals surface area (Å²) in [6.07, 6.45) is 1.54. The molecule has 4 aromatic rings. The van der Waals surface area contributed by atoms with E-state index in [4.69, 9.17) is 27.9 Å². The molecule has 1 aromatic heterocycles. The number of benzene rings is 3. The van der Waals surface area contributed by atoms with Gasteiger partial charge in [-0.25, -0.2) is 4.98 Å². The zero-order valence-corrected chi connectivity index (χ0v) is 19.4. The lowest BCUT2D eigenvalue weighted by Crippen LogP contribution is -2.20. The number of aryl methyl sites for hydroxylation is 1. The lowest BCUT2D eigenvalue weighted by molar-refractivity contribution is 0.306. The number of aromatic nitrogens is 2. The molecule has 0 atom stereocenters. The molecule has 0 spiro atoms. The summed E-state index contributed by atoms with van der Waals surface area (Å²) in [5.74, 6) is 1.06. The highest BCUT2D eigenvalue weighted by atomic mass is 79.9. The van der Waals surface area contributed by atoms with Crippen molar-refractivity contribution in [3.63, 3.8) is 0 Å². The van der Waals surface area contributed by atoms with Crippen LogP contribution in [0.2, 0.25) is 10.0 Å². The molecule has 0 aliphatic carbocycles. The van der Waals surface area contributed by atoms with Gasteiger partial charge in [0.25, 0.3) is 5.56 Å². The first-order valence-corrected chi connectivity index (χ1v) is 10.9. The third-order valence-electron chi connectivity index (χ3n) is 4.56. The highest BCUT2D eigenvalue weighted by Gasteiger charge is 2.09. The highest BCUT2D eigenvalue weighted by molar-refractivity contribution is 9.10. The van der Waals surface area contributed by atoms with Gasteiger partial charge in [-0.3, -0.25) is 4.79 Å². The second-order valence-corrected chi connectivity index (χ2v) is 8.57. The zero-order valence-electron chi connectivity index (χ0n) is 16.3. The molecule has 0 amide bonds. The summed E-state index contributed by atoms with van der Waals surface area (Å²) in [5, 5.41) is 6.04. The zero-order chi connectivity index (χ0) is 22.0. The van der Waals surface area contributed by atoms with Gasteiger partial charge in [0.15, 0.2) is 0 Å². The summed E-state index contributed by atoms with van der Waals surface area (Å²) < 4.78 is 8.01. The van der Waals surface area contributed by atoms with E-state index < -0.39 is 0 Å². The van der Waals surface area contributed by atoms with Gasteiger partial charge in [0.1, 0.15) is 18.2 Å². The van der Waals surface area contributed by atoms with Crippen molar-refractivity contribution in [1.29, 1.82) is 0 Å². The van der Waals surface area contributed by atoms with Gasteiger partial charge < -0.3 is 4.74 Å². The molecule has 0 aliphatic rings. The van der Waals surface area contributed by atoms with Crippen molar-refractivity contribution >= 4 is 56.2 Å². The Balaban J connectivity index is 1.67. The average Bonchev–Trinajstić information content (AvgIpc) is 2.75. The molecule has 0 saturated carbocycles. The molecule has 8 heteroatoms. The molecule has 0 unspecified atom stereocenters. The number of nitrogens with zero attached hydrogens (tertiary/aromatic N) is 3. The molecule has 4 rings (SSSR count). The Hall–Kier alpha value is -2.67. The summed E-state index contributed by atoms with van der Waals surface area (Å²) in [6.45, 7) is 2.08. The van der Waals surface area contributed by atoms with E-state index >= 15 is 0 Å². The minimum absolute atomic E-state index is 0.259. The molecular weight excluding hydrogens is 501 g/mol. The summed E-state index contributed by atoms with van der Waals surface area (Å²) in [6, 6.07) is 18.0. The van der Waals surface area contributed by atoms with Crippen LogP contribution < -0.4 is 10.3 Å². The van der Waals surface area contributed by atoms with Crippen LogP contribution in [0.1, 0.15) is 17.0 Å². The third kappa shape index (κ3) is 4.98. The van der Waals surface area contributed by atoms with Gasteiger partial charge in [-0.2, -0.15) is 9.78 Å². The van der Waals surface area contributed by atoms with E-state index in [1.54, 1.807) is 43.5 Å². The summed E-state index contributed by atoms with van der Waals surface area (Å²) in [5.41, 5.74) is 1.97. The first-order valence-electron chi connectivity index (χ1n) is 9.31. The van der Waals surface area contributed by atoms with Crippen LogP contribution in [0.3, 0.4) is 0 Å². The van der Waals surface area contributed by atoms with E-state index in [1.807, 2.05) is 30.3 Å². The van der Waals surface area contributed by atoms with E-state index in [2.05, 4.69) is 26.0 Å². The van der Waals surface area contributed by atoms with E-state index in [0.29, 0.717) is 44.7 Å². The molecule has 156 valence electrons.